The Balaban J connectivity index is 1.45. The van der Waals surface area contributed by atoms with E-state index in [1.165, 1.54) is 42.3 Å². The third-order valence-corrected chi connectivity index (χ3v) is 6.88. The summed E-state index contributed by atoms with van der Waals surface area (Å²) in [7, 11) is 0. The number of benzene rings is 1. The molecular formula is C25H34N4O2. The molecule has 6 heteroatoms. The van der Waals surface area contributed by atoms with Gasteiger partial charge in [-0.1, -0.05) is 25.3 Å². The second-order valence-corrected chi connectivity index (χ2v) is 9.14. The van der Waals surface area contributed by atoms with Gasteiger partial charge in [0.2, 0.25) is 5.91 Å². The van der Waals surface area contributed by atoms with Gasteiger partial charge in [0.1, 0.15) is 5.82 Å². The second kappa shape index (κ2) is 9.67. The van der Waals surface area contributed by atoms with Crippen LogP contribution in [0.25, 0.3) is 5.69 Å². The fourth-order valence-corrected chi connectivity index (χ4v) is 4.78. The Morgan fingerprint density at radius 2 is 1.74 bits per heavy atom. The summed E-state index contributed by atoms with van der Waals surface area (Å²) in [5, 5.41) is 4.67. The van der Waals surface area contributed by atoms with Gasteiger partial charge >= 0.3 is 0 Å². The third kappa shape index (κ3) is 5.17. The van der Waals surface area contributed by atoms with Gasteiger partial charge in [-0.15, -0.1) is 5.10 Å². The van der Waals surface area contributed by atoms with Crippen LogP contribution in [-0.4, -0.2) is 46.8 Å². The maximum Gasteiger partial charge on any atom is 0.271 e. The molecular weight excluding hydrogens is 388 g/mol. The molecule has 1 aromatic heterocycles. The Morgan fingerprint density at radius 1 is 0.935 bits per heavy atom. The minimum atomic E-state index is -0.133. The minimum Gasteiger partial charge on any atom is -0.353 e. The highest BCUT2D eigenvalue weighted by molar-refractivity contribution is 5.76. The van der Waals surface area contributed by atoms with E-state index in [-0.39, 0.29) is 5.56 Å². The Hall–Kier alpha value is -2.63. The molecule has 2 aromatic rings. The summed E-state index contributed by atoms with van der Waals surface area (Å²) in [4.78, 5) is 29.6. The molecule has 1 amide bonds. The molecule has 2 aliphatic rings. The van der Waals surface area contributed by atoms with Crippen LogP contribution < -0.4 is 10.5 Å². The number of rotatable bonds is 4. The largest absolute Gasteiger partial charge is 0.353 e. The number of aryl methyl sites for hydroxylation is 2. The summed E-state index contributed by atoms with van der Waals surface area (Å²) < 4.78 is 1.48. The molecule has 0 bridgehead atoms. The monoisotopic (exact) mass is 422 g/mol. The Bertz CT molecular complexity index is 978. The van der Waals surface area contributed by atoms with Crippen LogP contribution in [0.2, 0.25) is 0 Å². The van der Waals surface area contributed by atoms with Gasteiger partial charge in [0.15, 0.2) is 0 Å². The third-order valence-electron chi connectivity index (χ3n) is 6.88. The quantitative estimate of drug-likeness (QED) is 0.751. The maximum absolute atomic E-state index is 12.9. The molecule has 4 rings (SSSR count). The first-order valence-electron chi connectivity index (χ1n) is 11.7. The number of nitrogens with zero attached hydrogens (tertiary/aromatic N) is 4. The van der Waals surface area contributed by atoms with Crippen LogP contribution in [-0.2, 0) is 4.79 Å². The van der Waals surface area contributed by atoms with Crippen molar-refractivity contribution in [1.29, 1.82) is 0 Å². The lowest BCUT2D eigenvalue weighted by Gasteiger charge is -2.26. The standard InChI is InChI=1S/C25H34N4O2/c1-19-9-10-22(17-20(19)2)29-24(30)12-11-23(26-29)27-13-6-14-28(16-15-27)25(31)18-21-7-4-3-5-8-21/h9-12,17,21H,3-8,13-16,18H2,1-2H3. The van der Waals surface area contributed by atoms with Crippen LogP contribution in [0.4, 0.5) is 5.82 Å². The van der Waals surface area contributed by atoms with Gasteiger partial charge in [-0.3, -0.25) is 9.59 Å². The summed E-state index contributed by atoms with van der Waals surface area (Å²) in [5.74, 6) is 1.67. The van der Waals surface area contributed by atoms with Crippen LogP contribution in [0, 0.1) is 19.8 Å². The Kier molecular flexibility index (Phi) is 6.73. The Labute approximate surface area is 184 Å². The van der Waals surface area contributed by atoms with Gasteiger partial charge in [0.25, 0.3) is 5.56 Å². The first kappa shape index (κ1) is 21.6. The van der Waals surface area contributed by atoms with Crippen molar-refractivity contribution in [1.82, 2.24) is 14.7 Å². The van der Waals surface area contributed by atoms with Crippen molar-refractivity contribution in [3.05, 3.63) is 51.8 Å². The van der Waals surface area contributed by atoms with Gasteiger partial charge in [0.05, 0.1) is 5.69 Å². The molecule has 0 atom stereocenters. The van der Waals surface area contributed by atoms with Crippen molar-refractivity contribution in [3.8, 4) is 5.69 Å². The zero-order valence-electron chi connectivity index (χ0n) is 18.8. The van der Waals surface area contributed by atoms with E-state index >= 15 is 0 Å². The van der Waals surface area contributed by atoms with Gasteiger partial charge < -0.3 is 9.80 Å². The molecule has 0 N–H and O–H groups in total. The molecule has 0 spiro atoms. The van der Waals surface area contributed by atoms with Gasteiger partial charge in [-0.05, 0) is 68.4 Å². The average Bonchev–Trinajstić information content (AvgIpc) is 3.03. The molecule has 1 aromatic carbocycles. The van der Waals surface area contributed by atoms with E-state index in [4.69, 9.17) is 0 Å². The van der Waals surface area contributed by atoms with Gasteiger partial charge in [0, 0.05) is 38.7 Å². The van der Waals surface area contributed by atoms with E-state index in [2.05, 4.69) is 16.9 Å². The molecule has 1 saturated heterocycles. The molecule has 31 heavy (non-hydrogen) atoms. The predicted octanol–water partition coefficient (Wildman–Crippen LogP) is 3.86. The molecule has 1 saturated carbocycles. The highest BCUT2D eigenvalue weighted by atomic mass is 16.2. The highest BCUT2D eigenvalue weighted by Gasteiger charge is 2.24. The smallest absolute Gasteiger partial charge is 0.271 e. The number of hydrogen-bond acceptors (Lipinski definition) is 4. The SMILES string of the molecule is Cc1ccc(-n2nc(N3CCCN(C(=O)CC4CCCCC4)CC3)ccc2=O)cc1C. The van der Waals surface area contributed by atoms with Crippen molar-refractivity contribution in [2.45, 2.75) is 58.8 Å². The predicted molar refractivity (Wildman–Crippen MR) is 124 cm³/mol. The van der Waals surface area contributed by atoms with Crippen LogP contribution in [0.5, 0.6) is 0 Å². The molecule has 2 fully saturated rings. The molecule has 1 aliphatic carbocycles. The van der Waals surface area contributed by atoms with Crippen molar-refractivity contribution >= 4 is 11.7 Å². The number of amides is 1. The van der Waals surface area contributed by atoms with Crippen molar-refractivity contribution < 1.29 is 4.79 Å². The number of aromatic nitrogens is 2. The maximum atomic E-state index is 12.9. The molecule has 2 heterocycles. The number of carbonyl (C=O) groups excluding carboxylic acids is 1. The normalized spacial score (nSPS) is 18.1. The van der Waals surface area contributed by atoms with Crippen LogP contribution >= 0.6 is 0 Å². The summed E-state index contributed by atoms with van der Waals surface area (Å²) in [5.41, 5.74) is 2.98. The highest BCUT2D eigenvalue weighted by Crippen LogP contribution is 2.27. The van der Waals surface area contributed by atoms with Gasteiger partial charge in [-0.25, -0.2) is 0 Å². The van der Waals surface area contributed by atoms with E-state index < -0.39 is 0 Å². The lowest BCUT2D eigenvalue weighted by Crippen LogP contribution is -2.36. The lowest BCUT2D eigenvalue weighted by molar-refractivity contribution is -0.132. The van der Waals surface area contributed by atoms with Crippen molar-refractivity contribution in [2.24, 2.45) is 5.92 Å². The topological polar surface area (TPSA) is 58.4 Å². The fourth-order valence-electron chi connectivity index (χ4n) is 4.78. The summed E-state index contributed by atoms with van der Waals surface area (Å²) in [6.45, 7) is 7.21. The van der Waals surface area contributed by atoms with Crippen LogP contribution in [0.1, 0.15) is 56.1 Å². The zero-order chi connectivity index (χ0) is 21.8. The van der Waals surface area contributed by atoms with E-state index in [1.54, 1.807) is 12.1 Å². The molecule has 1 aliphatic heterocycles. The van der Waals surface area contributed by atoms with Crippen molar-refractivity contribution in [2.75, 3.05) is 31.1 Å². The van der Waals surface area contributed by atoms with E-state index in [1.807, 2.05) is 30.0 Å². The van der Waals surface area contributed by atoms with Gasteiger partial charge in [-0.2, -0.15) is 4.68 Å². The number of carbonyl (C=O) groups is 1. The Morgan fingerprint density at radius 3 is 2.52 bits per heavy atom. The minimum absolute atomic E-state index is 0.133. The zero-order valence-corrected chi connectivity index (χ0v) is 18.8. The lowest BCUT2D eigenvalue weighted by atomic mass is 9.86. The van der Waals surface area contributed by atoms with Crippen LogP contribution in [0.3, 0.4) is 0 Å². The summed E-state index contributed by atoms with van der Waals surface area (Å²) in [6, 6.07) is 9.36. The molecule has 6 nitrogen and oxygen atoms in total. The fraction of sp³-hybridized carbons (Fsp3) is 0.560. The van der Waals surface area contributed by atoms with E-state index in [0.717, 1.165) is 49.7 Å². The molecule has 166 valence electrons. The second-order valence-electron chi connectivity index (χ2n) is 9.14. The first-order valence-corrected chi connectivity index (χ1v) is 11.7. The average molecular weight is 423 g/mol. The summed E-state index contributed by atoms with van der Waals surface area (Å²) in [6.07, 6.45) is 7.89. The number of hydrogen-bond donors (Lipinski definition) is 0. The van der Waals surface area contributed by atoms with E-state index in [0.29, 0.717) is 18.2 Å². The molecule has 0 unspecified atom stereocenters. The van der Waals surface area contributed by atoms with E-state index in [9.17, 15) is 9.59 Å². The number of anilines is 1. The molecule has 0 radical (unpaired) electrons. The summed E-state index contributed by atoms with van der Waals surface area (Å²) >= 11 is 0. The van der Waals surface area contributed by atoms with Crippen molar-refractivity contribution in [3.63, 3.8) is 0 Å². The van der Waals surface area contributed by atoms with Crippen LogP contribution in [0.15, 0.2) is 35.1 Å². The first-order chi connectivity index (χ1) is 15.0.